The molecule has 2 aromatic heterocycles. The highest BCUT2D eigenvalue weighted by molar-refractivity contribution is 7.80. The number of hydrogen-bond acceptors (Lipinski definition) is 4. The van der Waals surface area contributed by atoms with Crippen LogP contribution in [0.3, 0.4) is 0 Å². The lowest BCUT2D eigenvalue weighted by Crippen LogP contribution is -2.39. The summed E-state index contributed by atoms with van der Waals surface area (Å²) >= 11 is 5.91. The van der Waals surface area contributed by atoms with Crippen LogP contribution in [0.4, 0.5) is 0 Å². The Morgan fingerprint density at radius 2 is 1.80 bits per heavy atom. The molecule has 2 atom stereocenters. The Kier molecular flexibility index (Phi) is 7.18. The van der Waals surface area contributed by atoms with Crippen molar-refractivity contribution in [3.63, 3.8) is 0 Å². The van der Waals surface area contributed by atoms with Crippen molar-refractivity contribution >= 4 is 17.3 Å². The predicted octanol–water partition coefficient (Wildman–Crippen LogP) is 4.49. The molecule has 1 N–H and O–H groups in total. The van der Waals surface area contributed by atoms with Gasteiger partial charge in [0.2, 0.25) is 0 Å². The van der Waals surface area contributed by atoms with E-state index < -0.39 is 0 Å². The van der Waals surface area contributed by atoms with Crippen LogP contribution in [-0.4, -0.2) is 63.9 Å². The van der Waals surface area contributed by atoms with E-state index >= 15 is 0 Å². The molecule has 0 amide bonds. The lowest BCUT2D eigenvalue weighted by molar-refractivity contribution is 0.0365. The van der Waals surface area contributed by atoms with E-state index in [1.807, 2.05) is 12.3 Å². The molecule has 4 heterocycles. The van der Waals surface area contributed by atoms with Crippen molar-refractivity contribution in [1.82, 2.24) is 24.7 Å². The van der Waals surface area contributed by atoms with Crippen LogP contribution in [0.1, 0.15) is 46.7 Å². The van der Waals surface area contributed by atoms with Gasteiger partial charge in [-0.25, -0.2) is 0 Å². The number of benzene rings is 1. The number of aryl methyl sites for hydroxylation is 2. The van der Waals surface area contributed by atoms with Crippen molar-refractivity contribution < 1.29 is 4.74 Å². The van der Waals surface area contributed by atoms with Crippen LogP contribution >= 0.6 is 12.2 Å². The Hall–Kier alpha value is -2.74. The van der Waals surface area contributed by atoms with E-state index in [-0.39, 0.29) is 12.1 Å². The lowest BCUT2D eigenvalue weighted by atomic mass is 9.96. The standard InChI is InChI=1S/C28H35N5OS/c1-20-9-4-5-11-25(20)33-21(2)19-23(22(33)3)27-26(24-10-6-7-12-29-24)30-28(35)32(27)14-8-13-31-15-17-34-18-16-31/h4-7,9-12,19,26-27H,8,13-18H2,1-3H3,(H,30,35)/t26-,27-/m0/s1. The summed E-state index contributed by atoms with van der Waals surface area (Å²) in [5.74, 6) is 0. The van der Waals surface area contributed by atoms with E-state index in [1.54, 1.807) is 0 Å². The second-order valence-electron chi connectivity index (χ2n) is 9.58. The molecule has 5 rings (SSSR count). The third-order valence-corrected chi connectivity index (χ3v) is 7.67. The number of nitrogens with one attached hydrogen (secondary N) is 1. The normalized spacial score (nSPS) is 20.9. The Bertz CT molecular complexity index is 1170. The average molecular weight is 490 g/mol. The molecule has 0 unspecified atom stereocenters. The van der Waals surface area contributed by atoms with E-state index in [0.29, 0.717) is 0 Å². The van der Waals surface area contributed by atoms with Gasteiger partial charge in [0.1, 0.15) is 0 Å². The SMILES string of the molecule is Cc1ccccc1-n1c(C)cc([C@H]2[C@H](c3ccccn3)NC(=S)N2CCCN2CCOCC2)c1C. The topological polar surface area (TPSA) is 45.6 Å². The number of morpholine rings is 1. The summed E-state index contributed by atoms with van der Waals surface area (Å²) < 4.78 is 7.90. The van der Waals surface area contributed by atoms with E-state index in [1.165, 1.54) is 28.2 Å². The zero-order valence-electron chi connectivity index (χ0n) is 20.9. The van der Waals surface area contributed by atoms with Gasteiger partial charge in [0, 0.05) is 49.5 Å². The highest BCUT2D eigenvalue weighted by atomic mass is 32.1. The zero-order valence-corrected chi connectivity index (χ0v) is 21.7. The summed E-state index contributed by atoms with van der Waals surface area (Å²) in [6.45, 7) is 12.3. The number of rotatable bonds is 7. The van der Waals surface area contributed by atoms with Crippen LogP contribution in [0.2, 0.25) is 0 Å². The van der Waals surface area contributed by atoms with Crippen LogP contribution < -0.4 is 5.32 Å². The lowest BCUT2D eigenvalue weighted by Gasteiger charge is -2.30. The molecule has 2 aliphatic heterocycles. The van der Waals surface area contributed by atoms with Crippen LogP contribution in [0, 0.1) is 20.8 Å². The first-order valence-electron chi connectivity index (χ1n) is 12.6. The number of nitrogens with zero attached hydrogens (tertiary/aromatic N) is 4. The van der Waals surface area contributed by atoms with E-state index in [0.717, 1.165) is 56.6 Å². The third-order valence-electron chi connectivity index (χ3n) is 7.32. The van der Waals surface area contributed by atoms with Crippen molar-refractivity contribution in [2.75, 3.05) is 39.4 Å². The van der Waals surface area contributed by atoms with Crippen molar-refractivity contribution in [2.45, 2.75) is 39.3 Å². The molecule has 35 heavy (non-hydrogen) atoms. The molecule has 0 radical (unpaired) electrons. The van der Waals surface area contributed by atoms with Gasteiger partial charge in [0.25, 0.3) is 0 Å². The smallest absolute Gasteiger partial charge is 0.170 e. The fraction of sp³-hybridized carbons (Fsp3) is 0.429. The minimum absolute atomic E-state index is 0.0120. The maximum Gasteiger partial charge on any atom is 0.170 e. The summed E-state index contributed by atoms with van der Waals surface area (Å²) in [4.78, 5) is 9.59. The van der Waals surface area contributed by atoms with E-state index in [9.17, 15) is 0 Å². The Morgan fingerprint density at radius 1 is 1.03 bits per heavy atom. The molecular formula is C28H35N5OS. The number of thiocarbonyl (C=S) groups is 1. The maximum atomic E-state index is 5.91. The largest absolute Gasteiger partial charge is 0.379 e. The quantitative estimate of drug-likeness (QED) is 0.494. The third kappa shape index (κ3) is 4.85. The van der Waals surface area contributed by atoms with Crippen molar-refractivity contribution in [2.24, 2.45) is 0 Å². The number of hydrogen-bond donors (Lipinski definition) is 1. The van der Waals surface area contributed by atoms with Gasteiger partial charge in [-0.3, -0.25) is 9.88 Å². The van der Waals surface area contributed by atoms with Crippen molar-refractivity contribution in [3.05, 3.63) is 82.9 Å². The highest BCUT2D eigenvalue weighted by Gasteiger charge is 2.41. The zero-order chi connectivity index (χ0) is 24.4. The molecule has 6 nitrogen and oxygen atoms in total. The molecule has 0 bridgehead atoms. The molecule has 0 aliphatic carbocycles. The molecule has 2 aliphatic rings. The second kappa shape index (κ2) is 10.5. The molecule has 7 heteroatoms. The van der Waals surface area contributed by atoms with E-state index in [2.05, 4.69) is 82.9 Å². The predicted molar refractivity (Wildman–Crippen MR) is 144 cm³/mol. The minimum Gasteiger partial charge on any atom is -0.379 e. The van der Waals surface area contributed by atoms with Crippen LogP contribution in [-0.2, 0) is 4.74 Å². The van der Waals surface area contributed by atoms with Gasteiger partial charge >= 0.3 is 0 Å². The van der Waals surface area contributed by atoms with Gasteiger partial charge in [-0.15, -0.1) is 0 Å². The monoisotopic (exact) mass is 489 g/mol. The summed E-state index contributed by atoms with van der Waals surface area (Å²) in [7, 11) is 0. The first-order chi connectivity index (χ1) is 17.0. The van der Waals surface area contributed by atoms with Gasteiger partial charge < -0.3 is 19.5 Å². The number of ether oxygens (including phenoxy) is 1. The molecule has 0 saturated carbocycles. The molecule has 184 valence electrons. The molecule has 2 saturated heterocycles. The Morgan fingerprint density at radius 3 is 2.54 bits per heavy atom. The summed E-state index contributed by atoms with van der Waals surface area (Å²) in [5, 5.41) is 4.43. The maximum absolute atomic E-state index is 5.91. The van der Waals surface area contributed by atoms with Crippen LogP contribution in [0.25, 0.3) is 5.69 Å². The fourth-order valence-corrected chi connectivity index (χ4v) is 5.88. The molecule has 1 aromatic carbocycles. The van der Waals surface area contributed by atoms with E-state index in [4.69, 9.17) is 21.9 Å². The molecule has 3 aromatic rings. The fourth-order valence-electron chi connectivity index (χ4n) is 5.55. The summed E-state index contributed by atoms with van der Waals surface area (Å²) in [6, 6.07) is 17.2. The van der Waals surface area contributed by atoms with Crippen molar-refractivity contribution in [1.29, 1.82) is 0 Å². The highest BCUT2D eigenvalue weighted by Crippen LogP contribution is 2.41. The van der Waals surface area contributed by atoms with Gasteiger partial charge in [0.05, 0.1) is 31.0 Å². The first-order valence-corrected chi connectivity index (χ1v) is 13.0. The average Bonchev–Trinajstić information content (AvgIpc) is 3.35. The first kappa shape index (κ1) is 24.0. The Labute approximate surface area is 213 Å². The number of aromatic nitrogens is 2. The Balaban J connectivity index is 1.48. The van der Waals surface area contributed by atoms with Crippen LogP contribution in [0.15, 0.2) is 54.7 Å². The number of pyridine rings is 1. The number of para-hydroxylation sites is 1. The van der Waals surface area contributed by atoms with Gasteiger partial charge in [-0.05, 0) is 74.8 Å². The minimum atomic E-state index is 0.0120. The van der Waals surface area contributed by atoms with Gasteiger partial charge in [-0.1, -0.05) is 24.3 Å². The van der Waals surface area contributed by atoms with Gasteiger partial charge in [-0.2, -0.15) is 0 Å². The summed E-state index contributed by atoms with van der Waals surface area (Å²) in [5.41, 5.74) is 7.32. The second-order valence-corrected chi connectivity index (χ2v) is 9.96. The van der Waals surface area contributed by atoms with Crippen molar-refractivity contribution in [3.8, 4) is 5.69 Å². The molecule has 0 spiro atoms. The molecule has 2 fully saturated rings. The van der Waals surface area contributed by atoms with Crippen LogP contribution in [0.5, 0.6) is 0 Å². The molecular weight excluding hydrogens is 454 g/mol. The summed E-state index contributed by atoms with van der Waals surface area (Å²) in [6.07, 6.45) is 2.93. The van der Waals surface area contributed by atoms with Gasteiger partial charge in [0.15, 0.2) is 5.11 Å².